The van der Waals surface area contributed by atoms with Crippen LogP contribution in [0.3, 0.4) is 0 Å². The molecule has 1 heterocycles. The van der Waals surface area contributed by atoms with E-state index in [9.17, 15) is 18.0 Å². The number of carboxylic acid groups (broad SMARTS) is 1. The molecule has 0 amide bonds. The van der Waals surface area contributed by atoms with Crippen LogP contribution in [0.1, 0.15) is 5.69 Å². The number of nitrogens with zero attached hydrogens (tertiary/aromatic N) is 1. The van der Waals surface area contributed by atoms with Gasteiger partial charge in [0.1, 0.15) is 11.4 Å². The number of benzene rings is 1. The molecule has 0 aliphatic carbocycles. The second kappa shape index (κ2) is 4.21. The fourth-order valence-electron chi connectivity index (χ4n) is 1.44. The Labute approximate surface area is 97.7 Å². The highest BCUT2D eigenvalue weighted by Gasteiger charge is 2.31. The van der Waals surface area contributed by atoms with Crippen molar-refractivity contribution in [2.45, 2.75) is 12.8 Å². The summed E-state index contributed by atoms with van der Waals surface area (Å²) >= 11 is 0. The van der Waals surface area contributed by atoms with E-state index in [1.54, 1.807) is 0 Å². The summed E-state index contributed by atoms with van der Waals surface area (Å²) < 4.78 is 44.6. The number of aliphatic carboxylic acids is 1. The lowest BCUT2D eigenvalue weighted by Crippen LogP contribution is -2.17. The van der Waals surface area contributed by atoms with Gasteiger partial charge in [0.2, 0.25) is 0 Å². The third-order valence-corrected chi connectivity index (χ3v) is 2.07. The highest BCUT2D eigenvalue weighted by atomic mass is 19.4. The smallest absolute Gasteiger partial charge is 0.481 e. The standard InChI is InChI=1S/C10H6F3NO4/c11-10(12,13)17-5-1-2-8-6(3-5)7(14-18-8)4-9(15)16/h1-3H,4H2,(H,15,16). The number of carbonyl (C=O) groups is 1. The van der Waals surface area contributed by atoms with E-state index in [2.05, 4.69) is 9.89 Å². The monoisotopic (exact) mass is 261 g/mol. The van der Waals surface area contributed by atoms with Gasteiger partial charge in [0.05, 0.1) is 6.42 Å². The molecule has 2 rings (SSSR count). The van der Waals surface area contributed by atoms with Gasteiger partial charge in [-0.05, 0) is 18.2 Å². The lowest BCUT2D eigenvalue weighted by Gasteiger charge is -2.08. The van der Waals surface area contributed by atoms with Crippen molar-refractivity contribution >= 4 is 16.9 Å². The molecular weight excluding hydrogens is 255 g/mol. The molecule has 0 bridgehead atoms. The molecule has 18 heavy (non-hydrogen) atoms. The van der Waals surface area contributed by atoms with Crippen molar-refractivity contribution in [1.82, 2.24) is 5.16 Å². The van der Waals surface area contributed by atoms with E-state index in [0.717, 1.165) is 12.1 Å². The summed E-state index contributed by atoms with van der Waals surface area (Å²) in [6.07, 6.45) is -5.25. The number of hydrogen-bond donors (Lipinski definition) is 1. The topological polar surface area (TPSA) is 72.6 Å². The van der Waals surface area contributed by atoms with E-state index in [1.807, 2.05) is 0 Å². The fourth-order valence-corrected chi connectivity index (χ4v) is 1.44. The first-order valence-corrected chi connectivity index (χ1v) is 4.71. The summed E-state index contributed by atoms with van der Waals surface area (Å²) in [5, 5.41) is 12.3. The van der Waals surface area contributed by atoms with Gasteiger partial charge in [-0.3, -0.25) is 4.79 Å². The summed E-state index contributed by atoms with van der Waals surface area (Å²) in [5.74, 6) is -1.61. The van der Waals surface area contributed by atoms with Crippen LogP contribution in [0.4, 0.5) is 13.2 Å². The van der Waals surface area contributed by atoms with Gasteiger partial charge in [0.25, 0.3) is 0 Å². The van der Waals surface area contributed by atoms with E-state index >= 15 is 0 Å². The van der Waals surface area contributed by atoms with Gasteiger partial charge in [-0.2, -0.15) is 0 Å². The van der Waals surface area contributed by atoms with E-state index in [0.29, 0.717) is 0 Å². The van der Waals surface area contributed by atoms with Crippen molar-refractivity contribution in [3.63, 3.8) is 0 Å². The molecule has 0 atom stereocenters. The minimum absolute atomic E-state index is 0.0464. The van der Waals surface area contributed by atoms with Crippen molar-refractivity contribution in [2.24, 2.45) is 0 Å². The molecule has 2 aromatic rings. The van der Waals surface area contributed by atoms with E-state index in [-0.39, 0.29) is 16.7 Å². The normalized spacial score (nSPS) is 11.7. The molecule has 1 aromatic carbocycles. The molecule has 5 nitrogen and oxygen atoms in total. The first kappa shape index (κ1) is 12.2. The van der Waals surface area contributed by atoms with Crippen LogP contribution in [0.2, 0.25) is 0 Å². The number of fused-ring (bicyclic) bond motifs is 1. The third kappa shape index (κ3) is 2.70. The predicted octanol–water partition coefficient (Wildman–Crippen LogP) is 2.35. The Morgan fingerprint density at radius 2 is 2.17 bits per heavy atom. The number of carboxylic acids is 1. The summed E-state index contributed by atoms with van der Waals surface area (Å²) in [6.45, 7) is 0. The SMILES string of the molecule is O=C(O)Cc1noc2ccc(OC(F)(F)F)cc12. The highest BCUT2D eigenvalue weighted by molar-refractivity contribution is 5.84. The molecule has 0 unspecified atom stereocenters. The van der Waals surface area contributed by atoms with Crippen molar-refractivity contribution in [3.05, 3.63) is 23.9 Å². The average Bonchev–Trinajstić information content (AvgIpc) is 2.58. The Balaban J connectivity index is 2.39. The van der Waals surface area contributed by atoms with Crippen LogP contribution in [0.25, 0.3) is 11.0 Å². The molecule has 1 aromatic heterocycles. The molecule has 0 saturated carbocycles. The number of alkyl halides is 3. The third-order valence-electron chi connectivity index (χ3n) is 2.07. The summed E-state index contributed by atoms with van der Waals surface area (Å²) in [4.78, 5) is 10.5. The predicted molar refractivity (Wildman–Crippen MR) is 52.0 cm³/mol. The molecule has 1 N–H and O–H groups in total. The van der Waals surface area contributed by atoms with Gasteiger partial charge in [-0.25, -0.2) is 0 Å². The number of hydrogen-bond acceptors (Lipinski definition) is 4. The zero-order valence-corrected chi connectivity index (χ0v) is 8.69. The number of ether oxygens (including phenoxy) is 1. The minimum atomic E-state index is -4.81. The zero-order valence-electron chi connectivity index (χ0n) is 8.69. The van der Waals surface area contributed by atoms with Gasteiger partial charge in [-0.1, -0.05) is 5.16 Å². The molecule has 0 aliphatic rings. The van der Waals surface area contributed by atoms with Gasteiger partial charge < -0.3 is 14.4 Å². The Morgan fingerprint density at radius 3 is 2.78 bits per heavy atom. The van der Waals surface area contributed by atoms with Gasteiger partial charge in [0, 0.05) is 5.39 Å². The van der Waals surface area contributed by atoms with Crippen LogP contribution in [0.5, 0.6) is 5.75 Å². The van der Waals surface area contributed by atoms with Crippen LogP contribution >= 0.6 is 0 Å². The van der Waals surface area contributed by atoms with E-state index < -0.39 is 24.5 Å². The highest BCUT2D eigenvalue weighted by Crippen LogP contribution is 2.28. The molecule has 0 aliphatic heterocycles. The van der Waals surface area contributed by atoms with Crippen molar-refractivity contribution in [1.29, 1.82) is 0 Å². The maximum atomic E-state index is 12.0. The minimum Gasteiger partial charge on any atom is -0.481 e. The summed E-state index contributed by atoms with van der Waals surface area (Å²) in [7, 11) is 0. The second-order valence-corrected chi connectivity index (χ2v) is 3.41. The Bertz CT molecular complexity index is 590. The molecule has 8 heteroatoms. The lowest BCUT2D eigenvalue weighted by molar-refractivity contribution is -0.274. The number of aromatic nitrogens is 1. The van der Waals surface area contributed by atoms with Crippen LogP contribution in [-0.4, -0.2) is 22.6 Å². The molecule has 0 spiro atoms. The molecule has 96 valence electrons. The van der Waals surface area contributed by atoms with Crippen molar-refractivity contribution in [3.8, 4) is 5.75 Å². The fraction of sp³-hybridized carbons (Fsp3) is 0.200. The van der Waals surface area contributed by atoms with Crippen LogP contribution < -0.4 is 4.74 Å². The first-order chi connectivity index (χ1) is 8.35. The summed E-state index contributed by atoms with van der Waals surface area (Å²) in [6, 6.07) is 3.33. The van der Waals surface area contributed by atoms with Crippen molar-refractivity contribution < 1.29 is 32.3 Å². The second-order valence-electron chi connectivity index (χ2n) is 3.41. The van der Waals surface area contributed by atoms with E-state index in [1.165, 1.54) is 6.07 Å². The first-order valence-electron chi connectivity index (χ1n) is 4.71. The van der Waals surface area contributed by atoms with Gasteiger partial charge >= 0.3 is 12.3 Å². The molecular formula is C10H6F3NO4. The Hall–Kier alpha value is -2.25. The maximum absolute atomic E-state index is 12.0. The Morgan fingerprint density at radius 1 is 1.44 bits per heavy atom. The maximum Gasteiger partial charge on any atom is 0.573 e. The largest absolute Gasteiger partial charge is 0.573 e. The van der Waals surface area contributed by atoms with Crippen LogP contribution in [0.15, 0.2) is 22.7 Å². The van der Waals surface area contributed by atoms with Gasteiger partial charge in [-0.15, -0.1) is 13.2 Å². The van der Waals surface area contributed by atoms with Crippen LogP contribution in [-0.2, 0) is 11.2 Å². The number of halogens is 3. The molecule has 0 saturated heterocycles. The lowest BCUT2D eigenvalue weighted by atomic mass is 10.1. The molecule has 0 radical (unpaired) electrons. The quantitative estimate of drug-likeness (QED) is 0.918. The number of rotatable bonds is 3. The average molecular weight is 261 g/mol. The Kier molecular flexibility index (Phi) is 2.85. The summed E-state index contributed by atoms with van der Waals surface area (Å²) in [5.41, 5.74) is 0.242. The van der Waals surface area contributed by atoms with Gasteiger partial charge in [0.15, 0.2) is 5.58 Å². The molecule has 0 fully saturated rings. The van der Waals surface area contributed by atoms with E-state index in [4.69, 9.17) is 9.63 Å². The van der Waals surface area contributed by atoms with Crippen LogP contribution in [0, 0.1) is 0 Å². The van der Waals surface area contributed by atoms with Crippen molar-refractivity contribution in [2.75, 3.05) is 0 Å². The zero-order chi connectivity index (χ0) is 13.3.